The van der Waals surface area contributed by atoms with Gasteiger partial charge in [0.25, 0.3) is 5.91 Å². The average Bonchev–Trinajstić information content (AvgIpc) is 3.12. The van der Waals surface area contributed by atoms with E-state index in [-0.39, 0.29) is 23.2 Å². The summed E-state index contributed by atoms with van der Waals surface area (Å²) < 4.78 is 40.3. The number of amides is 2. The molecule has 2 amide bonds. The first-order chi connectivity index (χ1) is 16.6. The fourth-order valence-corrected chi connectivity index (χ4v) is 4.52. The lowest BCUT2D eigenvalue weighted by atomic mass is 9.97. The number of rotatable bonds is 5. The Morgan fingerprint density at radius 1 is 1.17 bits per heavy atom. The highest BCUT2D eigenvalue weighted by Gasteiger charge is 2.43. The standard InChI is InChI=1S/C26H25F3N4O2/c1-5-7-10-17(6-2)22-18-11-8-9-12-19(18)25(35)33(22)21-14-13-20-23(30-21)32(15-26(27,28)29)16(3)24(34)31(20)4/h5-14,16,22H,2,15H2,1,3-4H3/b7-5-,17-10+. The van der Waals surface area contributed by atoms with E-state index in [1.165, 1.54) is 29.8 Å². The second kappa shape index (κ2) is 9.05. The summed E-state index contributed by atoms with van der Waals surface area (Å²) in [5.41, 5.74) is 2.21. The van der Waals surface area contributed by atoms with E-state index < -0.39 is 30.7 Å². The molecule has 2 aromatic rings. The maximum atomic E-state index is 13.5. The first-order valence-corrected chi connectivity index (χ1v) is 11.1. The first-order valence-electron chi connectivity index (χ1n) is 11.1. The van der Waals surface area contributed by atoms with Gasteiger partial charge in [-0.15, -0.1) is 0 Å². The monoisotopic (exact) mass is 482 g/mol. The summed E-state index contributed by atoms with van der Waals surface area (Å²) in [6.45, 7) is 5.83. The number of aromatic nitrogens is 1. The van der Waals surface area contributed by atoms with E-state index in [1.54, 1.807) is 24.3 Å². The minimum absolute atomic E-state index is 0.00508. The Balaban J connectivity index is 1.89. The minimum Gasteiger partial charge on any atom is -0.334 e. The molecule has 0 spiro atoms. The van der Waals surface area contributed by atoms with Crippen LogP contribution in [0.1, 0.15) is 35.8 Å². The van der Waals surface area contributed by atoms with Crippen molar-refractivity contribution in [2.75, 3.05) is 28.3 Å². The second-order valence-electron chi connectivity index (χ2n) is 8.39. The molecule has 0 saturated heterocycles. The number of halogens is 3. The van der Waals surface area contributed by atoms with E-state index in [1.807, 2.05) is 37.3 Å². The highest BCUT2D eigenvalue weighted by molar-refractivity contribution is 6.12. The van der Waals surface area contributed by atoms with E-state index in [9.17, 15) is 22.8 Å². The molecule has 1 aromatic carbocycles. The van der Waals surface area contributed by atoms with Crippen LogP contribution in [0.5, 0.6) is 0 Å². The summed E-state index contributed by atoms with van der Waals surface area (Å²) in [6, 6.07) is 8.59. The van der Waals surface area contributed by atoms with Crippen LogP contribution in [-0.2, 0) is 4.79 Å². The van der Waals surface area contributed by atoms with E-state index >= 15 is 0 Å². The molecule has 0 bridgehead atoms. The topological polar surface area (TPSA) is 56.8 Å². The van der Waals surface area contributed by atoms with Gasteiger partial charge < -0.3 is 9.80 Å². The molecule has 9 heteroatoms. The van der Waals surface area contributed by atoms with Crippen molar-refractivity contribution in [1.29, 1.82) is 0 Å². The van der Waals surface area contributed by atoms with Gasteiger partial charge in [-0.05, 0) is 43.2 Å². The summed E-state index contributed by atoms with van der Waals surface area (Å²) in [5, 5.41) is 0. The van der Waals surface area contributed by atoms with Gasteiger partial charge in [0.05, 0.1) is 11.7 Å². The van der Waals surface area contributed by atoms with Crippen molar-refractivity contribution in [3.05, 3.63) is 84.0 Å². The smallest absolute Gasteiger partial charge is 0.334 e. The number of carbonyl (C=O) groups excluding carboxylic acids is 2. The Labute approximate surface area is 201 Å². The molecule has 35 heavy (non-hydrogen) atoms. The molecule has 2 atom stereocenters. The van der Waals surface area contributed by atoms with Gasteiger partial charge in [0.2, 0.25) is 5.91 Å². The molecule has 3 heterocycles. The van der Waals surface area contributed by atoms with Crippen molar-refractivity contribution in [1.82, 2.24) is 4.98 Å². The van der Waals surface area contributed by atoms with Gasteiger partial charge in [-0.1, -0.05) is 49.1 Å². The molecular formula is C26H25F3N4O2. The Bertz CT molecular complexity index is 1250. The van der Waals surface area contributed by atoms with Gasteiger partial charge in [0.1, 0.15) is 18.4 Å². The maximum absolute atomic E-state index is 13.5. The number of fused-ring (bicyclic) bond motifs is 2. The summed E-state index contributed by atoms with van der Waals surface area (Å²) >= 11 is 0. The van der Waals surface area contributed by atoms with Crippen LogP contribution < -0.4 is 14.7 Å². The van der Waals surface area contributed by atoms with Gasteiger partial charge >= 0.3 is 6.18 Å². The number of hydrogen-bond donors (Lipinski definition) is 0. The number of hydrogen-bond acceptors (Lipinski definition) is 4. The number of anilines is 3. The van der Waals surface area contributed by atoms with Crippen LogP contribution >= 0.6 is 0 Å². The SMILES string of the molecule is C=C/C(=C\C=C/C)C1c2ccccc2C(=O)N1c1ccc2c(n1)N(CC(F)(F)F)C(C)C(=O)N2C. The highest BCUT2D eigenvalue weighted by Crippen LogP contribution is 2.44. The lowest BCUT2D eigenvalue weighted by Crippen LogP contribution is -2.53. The maximum Gasteiger partial charge on any atom is 0.406 e. The zero-order valence-corrected chi connectivity index (χ0v) is 19.6. The minimum atomic E-state index is -4.55. The molecule has 6 nitrogen and oxygen atoms in total. The van der Waals surface area contributed by atoms with Crippen molar-refractivity contribution in [2.45, 2.75) is 32.1 Å². The molecule has 0 aliphatic carbocycles. The van der Waals surface area contributed by atoms with Crippen molar-refractivity contribution < 1.29 is 22.8 Å². The van der Waals surface area contributed by atoms with Gasteiger partial charge in [0.15, 0.2) is 5.82 Å². The Morgan fingerprint density at radius 3 is 2.54 bits per heavy atom. The van der Waals surface area contributed by atoms with Crippen LogP contribution in [0.2, 0.25) is 0 Å². The average molecular weight is 483 g/mol. The number of likely N-dealkylation sites (N-methyl/N-ethyl adjacent to an activating group) is 1. The predicted molar refractivity (Wildman–Crippen MR) is 130 cm³/mol. The Morgan fingerprint density at radius 2 is 1.89 bits per heavy atom. The number of pyridine rings is 1. The molecule has 2 aliphatic heterocycles. The third-order valence-corrected chi connectivity index (χ3v) is 6.22. The van der Waals surface area contributed by atoms with Gasteiger partial charge in [0, 0.05) is 12.6 Å². The largest absolute Gasteiger partial charge is 0.406 e. The normalized spacial score (nSPS) is 20.5. The van der Waals surface area contributed by atoms with Crippen LogP contribution in [0.15, 0.2) is 72.9 Å². The third-order valence-electron chi connectivity index (χ3n) is 6.22. The zero-order chi connectivity index (χ0) is 25.5. The Hall–Kier alpha value is -3.88. The van der Waals surface area contributed by atoms with Crippen molar-refractivity contribution in [3.63, 3.8) is 0 Å². The molecule has 0 fully saturated rings. The molecule has 0 N–H and O–H groups in total. The first kappa shape index (κ1) is 24.3. The molecule has 2 unspecified atom stereocenters. The van der Waals surface area contributed by atoms with Crippen LogP contribution in [0, 0.1) is 0 Å². The van der Waals surface area contributed by atoms with Crippen LogP contribution in [0.25, 0.3) is 0 Å². The van der Waals surface area contributed by atoms with Crippen molar-refractivity contribution in [2.24, 2.45) is 0 Å². The number of nitrogens with zero attached hydrogens (tertiary/aromatic N) is 4. The second-order valence-corrected chi connectivity index (χ2v) is 8.39. The number of carbonyl (C=O) groups is 2. The molecule has 4 rings (SSSR count). The summed E-state index contributed by atoms with van der Waals surface area (Å²) in [6.07, 6.45) is 2.61. The quantitative estimate of drug-likeness (QED) is 0.550. The number of alkyl halides is 3. The summed E-state index contributed by atoms with van der Waals surface area (Å²) in [7, 11) is 1.50. The van der Waals surface area contributed by atoms with E-state index in [2.05, 4.69) is 11.6 Å². The number of benzene rings is 1. The van der Waals surface area contributed by atoms with Gasteiger partial charge in [-0.2, -0.15) is 13.2 Å². The zero-order valence-electron chi connectivity index (χ0n) is 19.6. The third kappa shape index (κ3) is 4.22. The molecule has 1 aromatic heterocycles. The van der Waals surface area contributed by atoms with Crippen LogP contribution in [-0.4, -0.2) is 42.6 Å². The molecule has 0 radical (unpaired) electrons. The Kier molecular flexibility index (Phi) is 6.27. The predicted octanol–water partition coefficient (Wildman–Crippen LogP) is 5.21. The van der Waals surface area contributed by atoms with E-state index in [4.69, 9.17) is 0 Å². The van der Waals surface area contributed by atoms with E-state index in [0.717, 1.165) is 16.0 Å². The molecule has 2 aliphatic rings. The lowest BCUT2D eigenvalue weighted by molar-refractivity contribution is -0.126. The number of allylic oxidation sites excluding steroid dienone is 3. The highest BCUT2D eigenvalue weighted by atomic mass is 19.4. The van der Waals surface area contributed by atoms with Crippen LogP contribution in [0.4, 0.5) is 30.5 Å². The summed E-state index contributed by atoms with van der Waals surface area (Å²) in [5.74, 6) is -0.608. The van der Waals surface area contributed by atoms with Crippen molar-refractivity contribution in [3.8, 4) is 0 Å². The van der Waals surface area contributed by atoms with Crippen molar-refractivity contribution >= 4 is 29.1 Å². The van der Waals surface area contributed by atoms with Crippen LogP contribution in [0.3, 0.4) is 0 Å². The van der Waals surface area contributed by atoms with Gasteiger partial charge in [-0.25, -0.2) is 4.98 Å². The fourth-order valence-electron chi connectivity index (χ4n) is 4.52. The fraction of sp³-hybridized carbons (Fsp3) is 0.269. The molecule has 182 valence electrons. The van der Waals surface area contributed by atoms with Gasteiger partial charge in [-0.3, -0.25) is 14.5 Å². The van der Waals surface area contributed by atoms with E-state index in [0.29, 0.717) is 5.56 Å². The molecule has 0 saturated carbocycles. The summed E-state index contributed by atoms with van der Waals surface area (Å²) in [4.78, 5) is 34.3. The molecular weight excluding hydrogens is 457 g/mol. The lowest BCUT2D eigenvalue weighted by Gasteiger charge is -2.40.